The second-order valence-electron chi connectivity index (χ2n) is 5.72. The van der Waals surface area contributed by atoms with Gasteiger partial charge in [0.25, 0.3) is 0 Å². The average Bonchev–Trinajstić information content (AvgIpc) is 2.65. The van der Waals surface area contributed by atoms with Crippen molar-refractivity contribution in [2.75, 3.05) is 0 Å². The van der Waals surface area contributed by atoms with Gasteiger partial charge < -0.3 is 0 Å². The fraction of sp³-hybridized carbons (Fsp3) is 0. The van der Waals surface area contributed by atoms with Crippen LogP contribution in [0.25, 0.3) is 27.1 Å². The van der Waals surface area contributed by atoms with Crippen LogP contribution in [0.5, 0.6) is 0 Å². The van der Waals surface area contributed by atoms with Crippen molar-refractivity contribution >= 4 is 47.0 Å². The highest BCUT2D eigenvalue weighted by molar-refractivity contribution is 6.97. The quantitative estimate of drug-likeness (QED) is 0.305. The van der Waals surface area contributed by atoms with Crippen molar-refractivity contribution in [2.24, 2.45) is 0 Å². The first-order valence-corrected chi connectivity index (χ1v) is 10.00. The normalized spacial score (nSPS) is 10.9. The zero-order valence-corrected chi connectivity index (χ0v) is 14.8. The van der Waals surface area contributed by atoms with E-state index in [-0.39, 0.29) is 8.83 Å². The van der Waals surface area contributed by atoms with Crippen LogP contribution in [0, 0.1) is 0 Å². The lowest BCUT2D eigenvalue weighted by atomic mass is 9.91. The molecule has 0 saturated heterocycles. The van der Waals surface area contributed by atoms with E-state index >= 15 is 0 Å². The second kappa shape index (κ2) is 6.64. The molecule has 2 heteroatoms. The lowest BCUT2D eigenvalue weighted by molar-refractivity contribution is 1.62. The molecule has 0 unspecified atom stereocenters. The third-order valence-corrected chi connectivity index (χ3v) is 5.08. The fourth-order valence-corrected chi connectivity index (χ4v) is 4.02. The summed E-state index contributed by atoms with van der Waals surface area (Å²) in [6.45, 7) is 0. The Kier molecular flexibility index (Phi) is 4.20. The molecule has 0 amide bonds. The van der Waals surface area contributed by atoms with Crippen LogP contribution in [-0.4, -0.2) is 8.83 Å². The summed E-state index contributed by atoms with van der Waals surface area (Å²) in [5.41, 5.74) is 5.82. The molecule has 0 aliphatic carbocycles. The first-order valence-electron chi connectivity index (χ1n) is 7.91. The van der Waals surface area contributed by atoms with Crippen molar-refractivity contribution in [1.29, 1.82) is 0 Å². The van der Waals surface area contributed by atoms with E-state index in [4.69, 9.17) is 11.1 Å². The molecule has 0 heterocycles. The van der Waals surface area contributed by atoms with Crippen LogP contribution in [0.1, 0.15) is 11.1 Å². The summed E-state index contributed by atoms with van der Waals surface area (Å²) in [7, 11) is 0.242. The zero-order valence-electron chi connectivity index (χ0n) is 13.0. The first kappa shape index (κ1) is 15.2. The molecule has 0 bridgehead atoms. The molecule has 0 aliphatic rings. The summed E-state index contributed by atoms with van der Waals surface area (Å²) >= 11 is 6.15. The fourth-order valence-electron chi connectivity index (χ4n) is 3.28. The van der Waals surface area contributed by atoms with E-state index in [2.05, 4.69) is 90.6 Å². The molecule has 4 aromatic carbocycles. The van der Waals surface area contributed by atoms with Gasteiger partial charge in [-0.25, -0.2) is 0 Å². The summed E-state index contributed by atoms with van der Waals surface area (Å²) in [4.78, 5) is 0. The van der Waals surface area contributed by atoms with Gasteiger partial charge in [-0.1, -0.05) is 90.6 Å². The van der Waals surface area contributed by atoms with Gasteiger partial charge in [-0.15, -0.1) is 0 Å². The molecule has 0 fully saturated rings. The van der Waals surface area contributed by atoms with Gasteiger partial charge in [-0.05, 0) is 38.2 Å². The average molecular weight is 343 g/mol. The number of halogens is 1. The van der Waals surface area contributed by atoms with Gasteiger partial charge in [0.05, 0.1) is 0 Å². The number of benzene rings is 4. The molecule has 0 aliphatic heterocycles. The van der Waals surface area contributed by atoms with E-state index in [9.17, 15) is 0 Å². The SMILES string of the molecule is Cl[Si]C=C(c1cccc2ccccc12)c1cccc2ccccc12. The lowest BCUT2D eigenvalue weighted by Gasteiger charge is -2.14. The molecule has 0 atom stereocenters. The van der Waals surface area contributed by atoms with Gasteiger partial charge in [0.15, 0.2) is 0 Å². The molecule has 4 rings (SSSR count). The van der Waals surface area contributed by atoms with Crippen LogP contribution in [0.3, 0.4) is 0 Å². The van der Waals surface area contributed by atoms with Crippen molar-refractivity contribution in [3.63, 3.8) is 0 Å². The topological polar surface area (TPSA) is 0 Å². The summed E-state index contributed by atoms with van der Waals surface area (Å²) in [6.07, 6.45) is 0. The van der Waals surface area contributed by atoms with Crippen LogP contribution < -0.4 is 0 Å². The molecular weight excluding hydrogens is 328 g/mol. The highest BCUT2D eigenvalue weighted by Gasteiger charge is 2.11. The summed E-state index contributed by atoms with van der Waals surface area (Å²) < 4.78 is 0. The van der Waals surface area contributed by atoms with E-state index in [0.717, 1.165) is 0 Å². The molecule has 0 spiro atoms. The van der Waals surface area contributed by atoms with Crippen molar-refractivity contribution < 1.29 is 0 Å². The van der Waals surface area contributed by atoms with Gasteiger partial charge in [0.1, 0.15) is 0 Å². The van der Waals surface area contributed by atoms with Gasteiger partial charge in [-0.3, -0.25) is 0 Å². The Bertz CT molecular complexity index is 958. The van der Waals surface area contributed by atoms with E-state index in [1.165, 1.54) is 38.2 Å². The highest BCUT2D eigenvalue weighted by Crippen LogP contribution is 2.33. The minimum atomic E-state index is 0.242. The number of hydrogen-bond acceptors (Lipinski definition) is 0. The summed E-state index contributed by atoms with van der Waals surface area (Å²) in [5.74, 6) is 0. The Labute approximate surface area is 148 Å². The molecule has 0 saturated carbocycles. The van der Waals surface area contributed by atoms with Crippen molar-refractivity contribution in [3.8, 4) is 0 Å². The van der Waals surface area contributed by atoms with Gasteiger partial charge in [-0.2, -0.15) is 11.1 Å². The minimum Gasteiger partial charge on any atom is -0.165 e. The lowest BCUT2D eigenvalue weighted by Crippen LogP contribution is -1.93. The molecule has 114 valence electrons. The van der Waals surface area contributed by atoms with E-state index in [1.54, 1.807) is 0 Å². The Morgan fingerprint density at radius 3 is 1.58 bits per heavy atom. The van der Waals surface area contributed by atoms with Crippen LogP contribution in [0.4, 0.5) is 0 Å². The first-order chi connectivity index (χ1) is 11.9. The van der Waals surface area contributed by atoms with Gasteiger partial charge >= 0.3 is 0 Å². The Balaban J connectivity index is 2.03. The zero-order chi connectivity index (χ0) is 16.4. The smallest absolute Gasteiger partial charge is 0.165 e. The number of hydrogen-bond donors (Lipinski definition) is 0. The van der Waals surface area contributed by atoms with Crippen LogP contribution in [0.15, 0.2) is 90.6 Å². The third kappa shape index (κ3) is 2.66. The maximum Gasteiger partial charge on any atom is 0.203 e. The van der Waals surface area contributed by atoms with E-state index < -0.39 is 0 Å². The molecular formula is C22H15ClSi. The number of fused-ring (bicyclic) bond motifs is 2. The Morgan fingerprint density at radius 2 is 1.08 bits per heavy atom. The van der Waals surface area contributed by atoms with E-state index in [0.29, 0.717) is 0 Å². The molecule has 0 N–H and O–H groups in total. The van der Waals surface area contributed by atoms with Gasteiger partial charge in [0, 0.05) is 0 Å². The monoisotopic (exact) mass is 342 g/mol. The predicted octanol–water partition coefficient (Wildman–Crippen LogP) is 6.24. The maximum atomic E-state index is 6.15. The highest BCUT2D eigenvalue weighted by atomic mass is 35.6. The molecule has 0 aromatic heterocycles. The Morgan fingerprint density at radius 1 is 0.625 bits per heavy atom. The molecule has 24 heavy (non-hydrogen) atoms. The van der Waals surface area contributed by atoms with Crippen LogP contribution >= 0.6 is 11.1 Å². The minimum absolute atomic E-state index is 0.242. The summed E-state index contributed by atoms with van der Waals surface area (Å²) in [6, 6.07) is 29.9. The van der Waals surface area contributed by atoms with Crippen LogP contribution in [-0.2, 0) is 0 Å². The van der Waals surface area contributed by atoms with Crippen LogP contribution in [0.2, 0.25) is 0 Å². The molecule has 4 aromatic rings. The van der Waals surface area contributed by atoms with Gasteiger partial charge in [0.2, 0.25) is 8.83 Å². The van der Waals surface area contributed by atoms with E-state index in [1.807, 2.05) is 0 Å². The largest absolute Gasteiger partial charge is 0.203 e. The molecule has 0 nitrogen and oxygen atoms in total. The predicted molar refractivity (Wildman–Crippen MR) is 107 cm³/mol. The van der Waals surface area contributed by atoms with Crippen molar-refractivity contribution in [3.05, 3.63) is 102 Å². The number of rotatable bonds is 3. The standard InChI is InChI=1S/C22H15ClSi/c23-24-15-22(20-13-5-9-16-7-1-3-11-18(16)20)21-14-6-10-17-8-2-4-12-19(17)21/h1-15H. The van der Waals surface area contributed by atoms with Crippen molar-refractivity contribution in [1.82, 2.24) is 0 Å². The second-order valence-corrected chi connectivity index (χ2v) is 6.88. The maximum absolute atomic E-state index is 6.15. The third-order valence-electron chi connectivity index (χ3n) is 4.36. The Hall–Kier alpha value is -2.35. The molecule has 2 radical (unpaired) electrons. The summed E-state index contributed by atoms with van der Waals surface area (Å²) in [5, 5.41) is 5.02. The van der Waals surface area contributed by atoms with Crippen molar-refractivity contribution in [2.45, 2.75) is 0 Å².